The molecule has 0 saturated carbocycles. The standard InChI is InChI=1S/C22H31N5O/c1-5-26(6-2)18-7-9-20(17(3)15-18)24-22(28)21-10-8-19(16-23-21)27-13-11-25(4)12-14-27/h7-10,15-16H,5-6,11-14H2,1-4H3,(H,24,28). The van der Waals surface area contributed by atoms with Gasteiger partial charge < -0.3 is 20.0 Å². The molecule has 28 heavy (non-hydrogen) atoms. The quantitative estimate of drug-likeness (QED) is 0.832. The molecule has 1 aromatic heterocycles. The second-order valence-corrected chi connectivity index (χ2v) is 7.32. The first-order chi connectivity index (χ1) is 13.5. The molecule has 0 atom stereocenters. The zero-order chi connectivity index (χ0) is 20.1. The van der Waals surface area contributed by atoms with E-state index in [1.165, 1.54) is 5.69 Å². The topological polar surface area (TPSA) is 51.7 Å². The molecule has 1 aliphatic rings. The molecule has 1 fully saturated rings. The van der Waals surface area contributed by atoms with Crippen LogP contribution in [0, 0.1) is 6.92 Å². The van der Waals surface area contributed by atoms with Crippen LogP contribution in [0.4, 0.5) is 17.1 Å². The van der Waals surface area contributed by atoms with Crippen LogP contribution in [0.5, 0.6) is 0 Å². The minimum Gasteiger partial charge on any atom is -0.372 e. The third kappa shape index (κ3) is 4.62. The van der Waals surface area contributed by atoms with Gasteiger partial charge in [0.15, 0.2) is 0 Å². The number of pyridine rings is 1. The van der Waals surface area contributed by atoms with Crippen LogP contribution < -0.4 is 15.1 Å². The zero-order valence-electron chi connectivity index (χ0n) is 17.4. The Kier molecular flexibility index (Phi) is 6.52. The lowest BCUT2D eigenvalue weighted by atomic mass is 10.1. The average molecular weight is 382 g/mol. The number of aryl methyl sites for hydroxylation is 1. The van der Waals surface area contributed by atoms with Crippen LogP contribution in [0.15, 0.2) is 36.5 Å². The van der Waals surface area contributed by atoms with Crippen molar-refractivity contribution in [2.45, 2.75) is 20.8 Å². The van der Waals surface area contributed by atoms with E-state index in [9.17, 15) is 4.79 Å². The van der Waals surface area contributed by atoms with E-state index >= 15 is 0 Å². The summed E-state index contributed by atoms with van der Waals surface area (Å²) >= 11 is 0. The highest BCUT2D eigenvalue weighted by Crippen LogP contribution is 2.23. The maximum Gasteiger partial charge on any atom is 0.274 e. The lowest BCUT2D eigenvalue weighted by Crippen LogP contribution is -2.44. The lowest BCUT2D eigenvalue weighted by Gasteiger charge is -2.33. The van der Waals surface area contributed by atoms with E-state index in [-0.39, 0.29) is 5.91 Å². The molecule has 1 saturated heterocycles. The van der Waals surface area contributed by atoms with E-state index in [0.717, 1.165) is 56.2 Å². The molecular formula is C22H31N5O. The van der Waals surface area contributed by atoms with E-state index in [4.69, 9.17) is 0 Å². The summed E-state index contributed by atoms with van der Waals surface area (Å²) in [6, 6.07) is 9.94. The first-order valence-corrected chi connectivity index (χ1v) is 10.1. The Morgan fingerprint density at radius 2 is 1.82 bits per heavy atom. The molecule has 3 rings (SSSR count). The zero-order valence-corrected chi connectivity index (χ0v) is 17.4. The van der Waals surface area contributed by atoms with Crippen LogP contribution in [0.25, 0.3) is 0 Å². The number of rotatable bonds is 6. The number of benzene rings is 1. The SMILES string of the molecule is CCN(CC)c1ccc(NC(=O)c2ccc(N3CCN(C)CC3)cn2)c(C)c1. The van der Waals surface area contributed by atoms with Crippen molar-refractivity contribution in [2.24, 2.45) is 0 Å². The van der Waals surface area contributed by atoms with Crippen molar-refractivity contribution in [1.82, 2.24) is 9.88 Å². The van der Waals surface area contributed by atoms with Crippen molar-refractivity contribution in [3.8, 4) is 0 Å². The van der Waals surface area contributed by atoms with E-state index in [0.29, 0.717) is 5.69 Å². The Hall–Kier alpha value is -2.60. The van der Waals surface area contributed by atoms with Gasteiger partial charge in [0.2, 0.25) is 0 Å². The number of piperazine rings is 1. The maximum atomic E-state index is 12.6. The van der Waals surface area contributed by atoms with Gasteiger partial charge in [-0.1, -0.05) is 0 Å². The second-order valence-electron chi connectivity index (χ2n) is 7.32. The number of hydrogen-bond acceptors (Lipinski definition) is 5. The fourth-order valence-electron chi connectivity index (χ4n) is 3.53. The molecule has 1 N–H and O–H groups in total. The number of amides is 1. The summed E-state index contributed by atoms with van der Waals surface area (Å²) in [5.41, 5.74) is 4.56. The number of aromatic nitrogens is 1. The number of nitrogens with zero attached hydrogens (tertiary/aromatic N) is 4. The first kappa shape index (κ1) is 20.1. The summed E-state index contributed by atoms with van der Waals surface area (Å²) in [5, 5.41) is 2.99. The highest BCUT2D eigenvalue weighted by atomic mass is 16.1. The molecule has 0 unspecified atom stereocenters. The van der Waals surface area contributed by atoms with Crippen molar-refractivity contribution in [2.75, 3.05) is 61.4 Å². The first-order valence-electron chi connectivity index (χ1n) is 10.1. The van der Waals surface area contributed by atoms with Crippen LogP contribution in [0.3, 0.4) is 0 Å². The molecule has 0 radical (unpaired) electrons. The Bertz CT molecular complexity index is 793. The van der Waals surface area contributed by atoms with Gasteiger partial charge in [-0.25, -0.2) is 4.98 Å². The highest BCUT2D eigenvalue weighted by Gasteiger charge is 2.16. The molecule has 1 amide bonds. The molecule has 2 aromatic rings. The Morgan fingerprint density at radius 3 is 2.39 bits per heavy atom. The van der Waals surface area contributed by atoms with Crippen LogP contribution >= 0.6 is 0 Å². The number of hydrogen-bond donors (Lipinski definition) is 1. The van der Waals surface area contributed by atoms with Gasteiger partial charge in [0.1, 0.15) is 5.69 Å². The molecule has 1 aliphatic heterocycles. The van der Waals surface area contributed by atoms with Gasteiger partial charge in [-0.15, -0.1) is 0 Å². The summed E-state index contributed by atoms with van der Waals surface area (Å²) < 4.78 is 0. The van der Waals surface area contributed by atoms with Gasteiger partial charge in [-0.05, 0) is 63.7 Å². The van der Waals surface area contributed by atoms with Crippen molar-refractivity contribution in [3.05, 3.63) is 47.8 Å². The predicted molar refractivity (Wildman–Crippen MR) is 117 cm³/mol. The third-order valence-corrected chi connectivity index (χ3v) is 5.44. The predicted octanol–water partition coefficient (Wildman–Crippen LogP) is 3.24. The van der Waals surface area contributed by atoms with Crippen LogP contribution in [0.1, 0.15) is 29.9 Å². The minimum absolute atomic E-state index is 0.177. The summed E-state index contributed by atoms with van der Waals surface area (Å²) in [6.07, 6.45) is 1.80. The molecule has 6 nitrogen and oxygen atoms in total. The lowest BCUT2D eigenvalue weighted by molar-refractivity contribution is 0.102. The van der Waals surface area contributed by atoms with Crippen molar-refractivity contribution >= 4 is 23.0 Å². The number of likely N-dealkylation sites (N-methyl/N-ethyl adjacent to an activating group) is 1. The van der Waals surface area contributed by atoms with E-state index in [1.54, 1.807) is 6.20 Å². The van der Waals surface area contributed by atoms with E-state index < -0.39 is 0 Å². The molecular weight excluding hydrogens is 350 g/mol. The van der Waals surface area contributed by atoms with Gasteiger partial charge in [0.25, 0.3) is 5.91 Å². The van der Waals surface area contributed by atoms with Crippen LogP contribution in [-0.2, 0) is 0 Å². The summed E-state index contributed by atoms with van der Waals surface area (Å²) in [7, 11) is 2.14. The smallest absolute Gasteiger partial charge is 0.274 e. The van der Waals surface area contributed by atoms with Gasteiger partial charge in [0.05, 0.1) is 11.9 Å². The van der Waals surface area contributed by atoms with Gasteiger partial charge in [-0.3, -0.25) is 4.79 Å². The molecule has 1 aromatic carbocycles. The Morgan fingerprint density at radius 1 is 1.11 bits per heavy atom. The molecule has 6 heteroatoms. The number of carbonyl (C=O) groups is 1. The monoisotopic (exact) mass is 381 g/mol. The molecule has 0 aliphatic carbocycles. The Balaban J connectivity index is 1.66. The average Bonchev–Trinajstić information content (AvgIpc) is 2.71. The maximum absolute atomic E-state index is 12.6. The van der Waals surface area contributed by atoms with Crippen LogP contribution in [0.2, 0.25) is 0 Å². The number of anilines is 3. The number of nitrogens with one attached hydrogen (secondary N) is 1. The Labute approximate surface area is 168 Å². The fourth-order valence-corrected chi connectivity index (χ4v) is 3.53. The molecule has 150 valence electrons. The minimum atomic E-state index is -0.177. The number of carbonyl (C=O) groups excluding carboxylic acids is 1. The van der Waals surface area contributed by atoms with Crippen molar-refractivity contribution < 1.29 is 4.79 Å². The van der Waals surface area contributed by atoms with Crippen molar-refractivity contribution in [1.29, 1.82) is 0 Å². The summed E-state index contributed by atoms with van der Waals surface area (Å²) in [5.74, 6) is -0.177. The molecule has 0 spiro atoms. The van der Waals surface area contributed by atoms with E-state index in [2.05, 4.69) is 58.0 Å². The van der Waals surface area contributed by atoms with E-state index in [1.807, 2.05) is 25.1 Å². The second kappa shape index (κ2) is 9.06. The van der Waals surface area contributed by atoms with Crippen LogP contribution in [-0.4, -0.2) is 62.1 Å². The molecule has 2 heterocycles. The van der Waals surface area contributed by atoms with Crippen molar-refractivity contribution in [3.63, 3.8) is 0 Å². The summed E-state index contributed by atoms with van der Waals surface area (Å²) in [6.45, 7) is 12.3. The normalized spacial score (nSPS) is 14.8. The van der Waals surface area contributed by atoms with Gasteiger partial charge >= 0.3 is 0 Å². The largest absolute Gasteiger partial charge is 0.372 e. The highest BCUT2D eigenvalue weighted by molar-refractivity contribution is 6.03. The molecule has 0 bridgehead atoms. The van der Waals surface area contributed by atoms with Gasteiger partial charge in [0, 0.05) is 50.6 Å². The fraction of sp³-hybridized carbons (Fsp3) is 0.455. The van der Waals surface area contributed by atoms with Gasteiger partial charge in [-0.2, -0.15) is 0 Å². The third-order valence-electron chi connectivity index (χ3n) is 5.44. The summed E-state index contributed by atoms with van der Waals surface area (Å²) in [4.78, 5) is 23.9.